The zero-order valence-corrected chi connectivity index (χ0v) is 16.9. The van der Waals surface area contributed by atoms with E-state index in [9.17, 15) is 0 Å². The van der Waals surface area contributed by atoms with Crippen LogP contribution in [-0.4, -0.2) is 46.8 Å². The van der Waals surface area contributed by atoms with Crippen LogP contribution in [0.5, 0.6) is 0 Å². The van der Waals surface area contributed by atoms with E-state index in [0.717, 1.165) is 12.0 Å². The summed E-state index contributed by atoms with van der Waals surface area (Å²) < 4.78 is 0. The van der Waals surface area contributed by atoms with Gasteiger partial charge in [0.05, 0.1) is 12.3 Å². The molecule has 3 aliphatic heterocycles. The van der Waals surface area contributed by atoms with E-state index in [-0.39, 0.29) is 0 Å². The van der Waals surface area contributed by atoms with Crippen molar-refractivity contribution in [3.8, 4) is 0 Å². The molecule has 0 aliphatic carbocycles. The van der Waals surface area contributed by atoms with Gasteiger partial charge in [-0.2, -0.15) is 0 Å². The summed E-state index contributed by atoms with van der Waals surface area (Å²) >= 11 is 0. The first-order valence-corrected chi connectivity index (χ1v) is 10.6. The summed E-state index contributed by atoms with van der Waals surface area (Å²) in [5.74, 6) is 1.42. The van der Waals surface area contributed by atoms with Crippen LogP contribution in [0.3, 0.4) is 0 Å². The first kappa shape index (κ1) is 18.4. The Bertz CT molecular complexity index is 591. The molecular weight excluding hydrogens is 320 g/mol. The Labute approximate surface area is 159 Å². The fourth-order valence-corrected chi connectivity index (χ4v) is 6.13. The Morgan fingerprint density at radius 1 is 1.00 bits per heavy atom. The summed E-state index contributed by atoms with van der Waals surface area (Å²) in [5.41, 5.74) is 8.58. The fourth-order valence-electron chi connectivity index (χ4n) is 6.13. The molecule has 4 heteroatoms. The normalized spacial score (nSPS) is 41.0. The Kier molecular flexibility index (Phi) is 5.38. The molecule has 3 aliphatic rings. The molecular formula is C22H36N4. The van der Waals surface area contributed by atoms with Crippen molar-refractivity contribution in [1.29, 1.82) is 0 Å². The molecule has 7 unspecified atom stereocenters. The molecule has 7 atom stereocenters. The van der Waals surface area contributed by atoms with Gasteiger partial charge in [0.1, 0.15) is 0 Å². The van der Waals surface area contributed by atoms with Crippen LogP contribution in [-0.2, 0) is 6.42 Å². The molecule has 3 fully saturated rings. The molecule has 0 aromatic heterocycles. The number of benzene rings is 1. The largest absolute Gasteiger partial charge is 0.297 e. The third-order valence-electron chi connectivity index (χ3n) is 7.17. The Balaban J connectivity index is 1.48. The molecule has 0 amide bonds. The monoisotopic (exact) mass is 356 g/mol. The SMILES string of the molecule is CC1CC2CC(C)N3C(C)NNC3C(C)C1N2CCCc1ccccc1. The van der Waals surface area contributed by atoms with E-state index in [2.05, 4.69) is 78.7 Å². The molecule has 1 aromatic carbocycles. The minimum atomic E-state index is 0.428. The molecule has 2 N–H and O–H groups in total. The molecule has 3 saturated heterocycles. The van der Waals surface area contributed by atoms with Crippen molar-refractivity contribution in [2.75, 3.05) is 6.54 Å². The second-order valence-corrected chi connectivity index (χ2v) is 8.98. The van der Waals surface area contributed by atoms with Gasteiger partial charge in [-0.3, -0.25) is 9.80 Å². The summed E-state index contributed by atoms with van der Waals surface area (Å²) in [6, 6.07) is 13.0. The lowest BCUT2D eigenvalue weighted by Crippen LogP contribution is -2.57. The van der Waals surface area contributed by atoms with Gasteiger partial charge in [-0.25, -0.2) is 10.9 Å². The van der Waals surface area contributed by atoms with Crippen molar-refractivity contribution in [2.24, 2.45) is 11.8 Å². The van der Waals surface area contributed by atoms with Gasteiger partial charge >= 0.3 is 0 Å². The molecule has 0 saturated carbocycles. The topological polar surface area (TPSA) is 30.5 Å². The standard InChI is InChI=1S/C22H36N4/c1-15-13-20-14-16(2)26-18(4)23-24-22(26)17(3)21(15)25(20)12-8-11-19-9-6-5-7-10-19/h5-7,9-10,15-18,20-24H,8,11-14H2,1-4H3. The molecule has 3 heterocycles. The van der Waals surface area contributed by atoms with E-state index in [0.29, 0.717) is 30.3 Å². The van der Waals surface area contributed by atoms with Gasteiger partial charge < -0.3 is 0 Å². The van der Waals surface area contributed by atoms with Gasteiger partial charge in [0, 0.05) is 24.0 Å². The molecule has 4 rings (SSSR count). The summed E-state index contributed by atoms with van der Waals surface area (Å²) in [7, 11) is 0. The number of hydrogen-bond acceptors (Lipinski definition) is 4. The van der Waals surface area contributed by atoms with E-state index < -0.39 is 0 Å². The van der Waals surface area contributed by atoms with Crippen LogP contribution in [0.4, 0.5) is 0 Å². The van der Waals surface area contributed by atoms with E-state index in [1.54, 1.807) is 0 Å². The zero-order chi connectivity index (χ0) is 18.3. The number of hydrogen-bond donors (Lipinski definition) is 2. The fraction of sp³-hybridized carbons (Fsp3) is 0.727. The number of rotatable bonds is 4. The highest BCUT2D eigenvalue weighted by Crippen LogP contribution is 2.41. The van der Waals surface area contributed by atoms with Gasteiger partial charge in [-0.15, -0.1) is 0 Å². The number of aryl methyl sites for hydroxylation is 1. The quantitative estimate of drug-likeness (QED) is 0.867. The summed E-state index contributed by atoms with van der Waals surface area (Å²) in [6.45, 7) is 10.9. The molecule has 0 radical (unpaired) electrons. The average Bonchev–Trinajstić information content (AvgIpc) is 3.15. The van der Waals surface area contributed by atoms with Gasteiger partial charge in [-0.05, 0) is 57.6 Å². The third-order valence-corrected chi connectivity index (χ3v) is 7.17. The second-order valence-electron chi connectivity index (χ2n) is 8.98. The lowest BCUT2D eigenvalue weighted by atomic mass is 9.88. The van der Waals surface area contributed by atoms with Gasteiger partial charge in [0.2, 0.25) is 0 Å². The van der Waals surface area contributed by atoms with Crippen LogP contribution in [0.15, 0.2) is 30.3 Å². The maximum atomic E-state index is 3.61. The number of hydrazine groups is 1. The molecule has 0 spiro atoms. The summed E-state index contributed by atoms with van der Waals surface area (Å²) in [6.07, 6.45) is 6.00. The Morgan fingerprint density at radius 2 is 1.77 bits per heavy atom. The Hall–Kier alpha value is -0.940. The first-order valence-electron chi connectivity index (χ1n) is 10.6. The number of fused-ring (bicyclic) bond motifs is 3. The van der Waals surface area contributed by atoms with Crippen molar-refractivity contribution in [2.45, 2.75) is 83.8 Å². The lowest BCUT2D eigenvalue weighted by Gasteiger charge is -2.45. The second kappa shape index (κ2) is 7.59. The van der Waals surface area contributed by atoms with E-state index in [1.807, 2.05) is 0 Å². The minimum absolute atomic E-state index is 0.428. The highest BCUT2D eigenvalue weighted by molar-refractivity contribution is 5.14. The minimum Gasteiger partial charge on any atom is -0.297 e. The third kappa shape index (κ3) is 3.33. The van der Waals surface area contributed by atoms with Crippen molar-refractivity contribution in [1.82, 2.24) is 20.7 Å². The summed E-state index contributed by atoms with van der Waals surface area (Å²) in [5, 5.41) is 0. The smallest absolute Gasteiger partial charge is 0.0785 e. The predicted octanol–water partition coefficient (Wildman–Crippen LogP) is 3.21. The molecule has 2 bridgehead atoms. The van der Waals surface area contributed by atoms with Crippen LogP contribution in [0.1, 0.15) is 52.5 Å². The summed E-state index contributed by atoms with van der Waals surface area (Å²) in [4.78, 5) is 5.57. The zero-order valence-electron chi connectivity index (χ0n) is 16.9. The van der Waals surface area contributed by atoms with Gasteiger partial charge in [-0.1, -0.05) is 44.2 Å². The number of nitrogens with zero attached hydrogens (tertiary/aromatic N) is 2. The van der Waals surface area contributed by atoms with E-state index in [1.165, 1.54) is 37.8 Å². The van der Waals surface area contributed by atoms with Gasteiger partial charge in [0.15, 0.2) is 0 Å². The van der Waals surface area contributed by atoms with Crippen molar-refractivity contribution < 1.29 is 0 Å². The van der Waals surface area contributed by atoms with Crippen LogP contribution >= 0.6 is 0 Å². The maximum Gasteiger partial charge on any atom is 0.0785 e. The highest BCUT2D eigenvalue weighted by Gasteiger charge is 2.50. The van der Waals surface area contributed by atoms with Crippen molar-refractivity contribution in [3.63, 3.8) is 0 Å². The van der Waals surface area contributed by atoms with E-state index >= 15 is 0 Å². The van der Waals surface area contributed by atoms with Crippen LogP contribution < -0.4 is 10.9 Å². The molecule has 1 aromatic rings. The van der Waals surface area contributed by atoms with Crippen molar-refractivity contribution in [3.05, 3.63) is 35.9 Å². The maximum absolute atomic E-state index is 3.61. The lowest BCUT2D eigenvalue weighted by molar-refractivity contribution is 0.00933. The Morgan fingerprint density at radius 3 is 2.54 bits per heavy atom. The van der Waals surface area contributed by atoms with Crippen LogP contribution in [0.2, 0.25) is 0 Å². The molecule has 4 nitrogen and oxygen atoms in total. The van der Waals surface area contributed by atoms with Gasteiger partial charge in [0.25, 0.3) is 0 Å². The molecule has 144 valence electrons. The van der Waals surface area contributed by atoms with Crippen LogP contribution in [0, 0.1) is 11.8 Å². The van der Waals surface area contributed by atoms with E-state index in [4.69, 9.17) is 0 Å². The average molecular weight is 357 g/mol. The number of nitrogens with one attached hydrogen (secondary N) is 2. The highest BCUT2D eigenvalue weighted by atomic mass is 15.6. The van der Waals surface area contributed by atoms with Crippen LogP contribution in [0.25, 0.3) is 0 Å². The molecule has 26 heavy (non-hydrogen) atoms. The first-order chi connectivity index (χ1) is 12.6. The van der Waals surface area contributed by atoms with Crippen molar-refractivity contribution >= 4 is 0 Å². The predicted molar refractivity (Wildman–Crippen MR) is 107 cm³/mol.